The van der Waals surface area contributed by atoms with Gasteiger partial charge in [-0.15, -0.1) is 0 Å². The Morgan fingerprint density at radius 2 is 1.74 bits per heavy atom. The van der Waals surface area contributed by atoms with Crippen molar-refractivity contribution in [2.75, 3.05) is 34.0 Å². The van der Waals surface area contributed by atoms with Crippen LogP contribution in [-0.4, -0.2) is 55.1 Å². The molecule has 1 aliphatic heterocycles. The molecule has 0 aliphatic carbocycles. The van der Waals surface area contributed by atoms with Gasteiger partial charge in [0.15, 0.2) is 0 Å². The summed E-state index contributed by atoms with van der Waals surface area (Å²) in [7, 11) is 0.920. The average molecular weight is 349 g/mol. The highest BCUT2D eigenvalue weighted by molar-refractivity contribution is 6.60. The van der Waals surface area contributed by atoms with Gasteiger partial charge in [-0.05, 0) is 19.8 Å². The number of unbranched alkanes of at least 4 members (excludes halogenated alkanes) is 5. The minimum atomic E-state index is -2.49. The van der Waals surface area contributed by atoms with Gasteiger partial charge in [0, 0.05) is 26.9 Å². The molecule has 0 aromatic carbocycles. The van der Waals surface area contributed by atoms with Gasteiger partial charge in [-0.25, -0.2) is 0 Å². The molecule has 5 nitrogen and oxygen atoms in total. The van der Waals surface area contributed by atoms with Crippen LogP contribution in [0.15, 0.2) is 0 Å². The second-order valence-electron chi connectivity index (χ2n) is 6.35. The summed E-state index contributed by atoms with van der Waals surface area (Å²) in [5.74, 6) is 0. The van der Waals surface area contributed by atoms with Crippen molar-refractivity contribution in [2.45, 2.75) is 77.0 Å². The summed E-state index contributed by atoms with van der Waals surface area (Å²) in [6.07, 6.45) is 8.92. The van der Waals surface area contributed by atoms with Crippen LogP contribution >= 0.6 is 0 Å². The van der Waals surface area contributed by atoms with Gasteiger partial charge in [-0.2, -0.15) is 0 Å². The van der Waals surface area contributed by atoms with Crippen molar-refractivity contribution in [3.8, 4) is 0 Å². The molecule has 0 spiro atoms. The monoisotopic (exact) mass is 348 g/mol. The zero-order chi connectivity index (χ0) is 17.0. The van der Waals surface area contributed by atoms with Crippen molar-refractivity contribution in [3.05, 3.63) is 0 Å². The van der Waals surface area contributed by atoms with E-state index in [2.05, 4.69) is 13.8 Å². The Labute approximate surface area is 143 Å². The fraction of sp³-hybridized carbons (Fsp3) is 1.00. The highest BCUT2D eigenvalue weighted by Crippen LogP contribution is 2.20. The van der Waals surface area contributed by atoms with E-state index in [1.54, 1.807) is 14.2 Å². The predicted molar refractivity (Wildman–Crippen MR) is 93.7 cm³/mol. The smallest absolute Gasteiger partial charge is 0.377 e. The molecule has 1 fully saturated rings. The Balaban J connectivity index is 2.14. The fourth-order valence-corrected chi connectivity index (χ4v) is 4.57. The van der Waals surface area contributed by atoms with Crippen LogP contribution in [0.1, 0.15) is 58.8 Å². The first-order chi connectivity index (χ1) is 11.2. The van der Waals surface area contributed by atoms with Crippen molar-refractivity contribution < 1.29 is 22.8 Å². The van der Waals surface area contributed by atoms with Gasteiger partial charge >= 0.3 is 8.80 Å². The first-order valence-corrected chi connectivity index (χ1v) is 11.1. The molecule has 1 heterocycles. The van der Waals surface area contributed by atoms with E-state index in [0.717, 1.165) is 25.5 Å². The predicted octanol–water partition coefficient (Wildman–Crippen LogP) is 3.79. The molecule has 0 aromatic rings. The normalized spacial score (nSPS) is 19.0. The lowest BCUT2D eigenvalue weighted by atomic mass is 10.1. The first-order valence-electron chi connectivity index (χ1n) is 9.13. The highest BCUT2D eigenvalue weighted by atomic mass is 28.4. The first kappa shape index (κ1) is 21.1. The molecule has 0 N–H and O–H groups in total. The molecule has 0 saturated carbocycles. The van der Waals surface area contributed by atoms with Crippen LogP contribution in [0, 0.1) is 0 Å². The average Bonchev–Trinajstić information content (AvgIpc) is 3.39. The van der Waals surface area contributed by atoms with Crippen LogP contribution in [0.4, 0.5) is 0 Å². The Morgan fingerprint density at radius 3 is 2.35 bits per heavy atom. The zero-order valence-corrected chi connectivity index (χ0v) is 16.5. The minimum absolute atomic E-state index is 0.175. The zero-order valence-electron chi connectivity index (χ0n) is 15.5. The van der Waals surface area contributed by atoms with Crippen LogP contribution in [-0.2, 0) is 22.8 Å². The number of epoxide rings is 1. The molecule has 1 aliphatic rings. The van der Waals surface area contributed by atoms with E-state index in [9.17, 15) is 0 Å². The quantitative estimate of drug-likeness (QED) is 0.241. The Morgan fingerprint density at radius 1 is 1.09 bits per heavy atom. The maximum Gasteiger partial charge on any atom is 0.500 e. The van der Waals surface area contributed by atoms with Gasteiger partial charge in [0.2, 0.25) is 0 Å². The number of rotatable bonds is 16. The van der Waals surface area contributed by atoms with Gasteiger partial charge in [-0.1, -0.05) is 39.0 Å². The maximum absolute atomic E-state index is 6.03. The van der Waals surface area contributed by atoms with Crippen LogP contribution < -0.4 is 0 Å². The highest BCUT2D eigenvalue weighted by Gasteiger charge is 2.38. The summed E-state index contributed by atoms with van der Waals surface area (Å²) < 4.78 is 28.2. The lowest BCUT2D eigenvalue weighted by Crippen LogP contribution is -2.44. The van der Waals surface area contributed by atoms with E-state index in [-0.39, 0.29) is 6.10 Å². The standard InChI is InChI=1S/C17H36O5Si/c1-5-6-7-8-9-10-13-23(18-3,19-4)22-12-11-16(2)20-14-17-15-21-17/h16-17H,5-15H2,1-4H3. The molecular formula is C17H36O5Si. The molecule has 1 rings (SSSR count). The molecule has 6 heteroatoms. The van der Waals surface area contributed by atoms with Crippen LogP contribution in [0.5, 0.6) is 0 Å². The lowest BCUT2D eigenvalue weighted by Gasteiger charge is -2.27. The molecule has 0 aromatic heterocycles. The van der Waals surface area contributed by atoms with Gasteiger partial charge < -0.3 is 22.8 Å². The molecule has 0 amide bonds. The number of hydrogen-bond donors (Lipinski definition) is 0. The molecule has 23 heavy (non-hydrogen) atoms. The van der Waals surface area contributed by atoms with Crippen LogP contribution in [0.3, 0.4) is 0 Å². The molecule has 1 saturated heterocycles. The van der Waals surface area contributed by atoms with Gasteiger partial charge in [0.1, 0.15) is 6.10 Å². The van der Waals surface area contributed by atoms with Gasteiger partial charge in [0.05, 0.1) is 19.3 Å². The van der Waals surface area contributed by atoms with Gasteiger partial charge in [-0.3, -0.25) is 0 Å². The molecule has 2 unspecified atom stereocenters. The van der Waals surface area contributed by atoms with E-state index in [1.165, 1.54) is 32.1 Å². The van der Waals surface area contributed by atoms with E-state index >= 15 is 0 Å². The Bertz CT molecular complexity index is 282. The van der Waals surface area contributed by atoms with E-state index < -0.39 is 8.80 Å². The maximum atomic E-state index is 6.03. The molecule has 2 atom stereocenters. The lowest BCUT2D eigenvalue weighted by molar-refractivity contribution is 0.0276. The summed E-state index contributed by atoms with van der Waals surface area (Å²) in [5, 5.41) is 0. The molecule has 0 bridgehead atoms. The number of hydrogen-bond acceptors (Lipinski definition) is 5. The van der Waals surface area contributed by atoms with Crippen molar-refractivity contribution >= 4 is 8.80 Å². The van der Waals surface area contributed by atoms with E-state index in [0.29, 0.717) is 19.3 Å². The van der Waals surface area contributed by atoms with Crippen molar-refractivity contribution in [2.24, 2.45) is 0 Å². The van der Waals surface area contributed by atoms with Crippen molar-refractivity contribution in [1.82, 2.24) is 0 Å². The SMILES string of the molecule is CCCCCCCC[Si](OC)(OC)OCCC(C)OCC1CO1. The number of ether oxygens (including phenoxy) is 2. The Hall–Kier alpha value is 0.0169. The summed E-state index contributed by atoms with van der Waals surface area (Å²) in [6, 6.07) is 0.900. The van der Waals surface area contributed by atoms with Crippen LogP contribution in [0.2, 0.25) is 6.04 Å². The molecular weight excluding hydrogens is 312 g/mol. The Kier molecular flexibility index (Phi) is 11.3. The third-order valence-electron chi connectivity index (χ3n) is 4.27. The minimum Gasteiger partial charge on any atom is -0.377 e. The second-order valence-corrected chi connectivity index (χ2v) is 9.32. The van der Waals surface area contributed by atoms with Crippen molar-refractivity contribution in [1.29, 1.82) is 0 Å². The van der Waals surface area contributed by atoms with Gasteiger partial charge in [0.25, 0.3) is 0 Å². The largest absolute Gasteiger partial charge is 0.500 e. The second kappa shape index (κ2) is 12.4. The summed E-state index contributed by atoms with van der Waals surface area (Å²) in [4.78, 5) is 0. The third-order valence-corrected chi connectivity index (χ3v) is 7.13. The van der Waals surface area contributed by atoms with Crippen molar-refractivity contribution in [3.63, 3.8) is 0 Å². The topological polar surface area (TPSA) is 49.5 Å². The summed E-state index contributed by atoms with van der Waals surface area (Å²) in [6.45, 7) is 6.46. The third kappa shape index (κ3) is 9.79. The van der Waals surface area contributed by atoms with Crippen LogP contribution in [0.25, 0.3) is 0 Å². The summed E-state index contributed by atoms with van der Waals surface area (Å²) in [5.41, 5.74) is 0. The van der Waals surface area contributed by atoms with E-state index in [4.69, 9.17) is 22.8 Å². The molecule has 0 radical (unpaired) electrons. The van der Waals surface area contributed by atoms with E-state index in [1.807, 2.05) is 0 Å². The fourth-order valence-electron chi connectivity index (χ4n) is 2.50. The molecule has 138 valence electrons. The summed E-state index contributed by atoms with van der Waals surface area (Å²) >= 11 is 0.